The topological polar surface area (TPSA) is 55.8 Å². The van der Waals surface area contributed by atoms with E-state index in [4.69, 9.17) is 9.47 Å². The first-order chi connectivity index (χ1) is 28.4. The van der Waals surface area contributed by atoms with Crippen molar-refractivity contribution in [3.8, 4) is 21.3 Å². The second kappa shape index (κ2) is 25.4. The lowest BCUT2D eigenvalue weighted by Gasteiger charge is -2.14. The number of carbonyl (C=O) groups is 2. The molecule has 1 aromatic carbocycles. The van der Waals surface area contributed by atoms with Gasteiger partial charge in [-0.05, 0) is 45.2 Å². The molecule has 4 heterocycles. The van der Waals surface area contributed by atoms with Gasteiger partial charge in [0.05, 0.1) is 38.6 Å². The highest BCUT2D eigenvalue weighted by Crippen LogP contribution is 2.53. The van der Waals surface area contributed by atoms with Gasteiger partial charge in [0.15, 0.2) is 0 Å². The van der Waals surface area contributed by atoms with E-state index >= 15 is 0 Å². The zero-order valence-corrected chi connectivity index (χ0v) is 39.4. The van der Waals surface area contributed by atoms with Crippen LogP contribution in [0.5, 0.6) is 11.5 Å². The largest absolute Gasteiger partial charge is 0.491 e. The van der Waals surface area contributed by atoms with Gasteiger partial charge in [-0.25, -0.2) is 0 Å². The molecular weight excluding hydrogens is 775 g/mol. The van der Waals surface area contributed by atoms with Gasteiger partial charge in [-0.3, -0.25) is 14.5 Å². The Morgan fingerprint density at radius 2 is 0.897 bits per heavy atom. The highest BCUT2D eigenvalue weighted by atomic mass is 32.1. The molecule has 0 aliphatic carbocycles. The number of imide groups is 1. The van der Waals surface area contributed by atoms with E-state index in [1.807, 2.05) is 6.92 Å². The summed E-state index contributed by atoms with van der Waals surface area (Å²) < 4.78 is 15.8. The normalized spacial score (nSPS) is 12.9. The first-order valence-electron chi connectivity index (χ1n) is 23.7. The Labute approximate surface area is 363 Å². The number of nitrogens with zero attached hydrogens (tertiary/aromatic N) is 1. The molecule has 2 amide bonds. The Kier molecular flexibility index (Phi) is 20.4. The number of hydrogen-bond donors (Lipinski definition) is 0. The van der Waals surface area contributed by atoms with Crippen molar-refractivity contribution in [1.29, 1.82) is 0 Å². The predicted molar refractivity (Wildman–Crippen MR) is 253 cm³/mol. The number of carbonyl (C=O) groups excluding carboxylic acids is 2. The first-order valence-corrected chi connectivity index (χ1v) is 26.1. The summed E-state index contributed by atoms with van der Waals surface area (Å²) >= 11 is 5.08. The molecule has 8 heteroatoms. The van der Waals surface area contributed by atoms with Gasteiger partial charge in [-0.15, -0.1) is 34.0 Å². The fraction of sp³-hybridized carbons (Fsp3) is 0.680. The fourth-order valence-electron chi connectivity index (χ4n) is 8.55. The zero-order valence-electron chi connectivity index (χ0n) is 37.0. The molecule has 4 aromatic rings. The minimum Gasteiger partial charge on any atom is -0.491 e. The molecule has 5 nitrogen and oxygen atoms in total. The van der Waals surface area contributed by atoms with Crippen molar-refractivity contribution >= 4 is 66.0 Å². The molecular formula is C50H75NO4S3. The third-order valence-corrected chi connectivity index (χ3v) is 15.4. The summed E-state index contributed by atoms with van der Waals surface area (Å²) in [5.74, 6) is 1.65. The number of benzene rings is 1. The van der Waals surface area contributed by atoms with Crippen molar-refractivity contribution in [2.24, 2.45) is 0 Å². The molecule has 58 heavy (non-hydrogen) atoms. The summed E-state index contributed by atoms with van der Waals surface area (Å²) in [5, 5.41) is 2.21. The fourth-order valence-corrected chi connectivity index (χ4v) is 12.0. The molecule has 5 rings (SSSR count). The quantitative estimate of drug-likeness (QED) is 0.0363. The second-order valence-corrected chi connectivity index (χ2v) is 20.5. The van der Waals surface area contributed by atoms with Crippen molar-refractivity contribution < 1.29 is 19.1 Å². The summed E-state index contributed by atoms with van der Waals surface area (Å²) in [4.78, 5) is 33.4. The van der Waals surface area contributed by atoms with Crippen LogP contribution < -0.4 is 9.47 Å². The van der Waals surface area contributed by atoms with Gasteiger partial charge >= 0.3 is 0 Å². The number of hydrogen-bond acceptors (Lipinski definition) is 7. The monoisotopic (exact) mass is 849 g/mol. The molecule has 0 atom stereocenters. The Hall–Kier alpha value is -2.42. The van der Waals surface area contributed by atoms with Crippen LogP contribution in [0.1, 0.15) is 218 Å². The summed E-state index contributed by atoms with van der Waals surface area (Å²) in [7, 11) is 0. The number of amides is 2. The highest BCUT2D eigenvalue weighted by Gasteiger charge is 2.41. The lowest BCUT2D eigenvalue weighted by Crippen LogP contribution is -2.31. The van der Waals surface area contributed by atoms with Crippen LogP contribution in [-0.2, 0) is 0 Å². The Morgan fingerprint density at radius 1 is 0.483 bits per heavy atom. The van der Waals surface area contributed by atoms with Crippen molar-refractivity contribution in [3.05, 3.63) is 33.0 Å². The number of ether oxygens (including phenoxy) is 2. The lowest BCUT2D eigenvalue weighted by atomic mass is 10.1. The van der Waals surface area contributed by atoms with E-state index in [1.165, 1.54) is 145 Å². The number of unbranched alkanes of at least 4 members (excludes halogenated alkanes) is 23. The SMILES string of the molecule is CCCCCCCCCCCCOc1c2cc(-c3sc(C)c4c3C(=O)N(CCCCCCCC)C4=O)sc2c(OCCCCCCCCCCCC)c2cc(C)sc12. The molecule has 0 saturated carbocycles. The highest BCUT2D eigenvalue weighted by molar-refractivity contribution is 7.27. The average molecular weight is 850 g/mol. The molecule has 0 fully saturated rings. The Bertz CT molecular complexity index is 1770. The third kappa shape index (κ3) is 12.8. The van der Waals surface area contributed by atoms with E-state index in [-0.39, 0.29) is 11.8 Å². The van der Waals surface area contributed by atoms with Crippen molar-refractivity contribution in [2.45, 2.75) is 202 Å². The standard InChI is InChI=1S/C50H75NO4S3/c1-6-9-12-15-18-20-22-24-27-30-33-54-44-39-35-37(4)56-46(39)45(55-34-31-28-25-23-21-19-16-13-10-7-2)40-36-41(58-47(40)44)48-43-42(38(5)57-48)49(52)51(50(43)53)32-29-26-17-14-11-8-3/h35-36H,6-34H2,1-5H3. The van der Waals surface area contributed by atoms with Gasteiger partial charge in [-0.1, -0.05) is 168 Å². The number of aryl methyl sites for hydroxylation is 2. The molecule has 0 bridgehead atoms. The molecule has 0 unspecified atom stereocenters. The molecule has 1 aliphatic rings. The van der Waals surface area contributed by atoms with Crippen LogP contribution in [0.3, 0.4) is 0 Å². The maximum absolute atomic E-state index is 14.0. The van der Waals surface area contributed by atoms with Crippen LogP contribution in [0.2, 0.25) is 0 Å². The van der Waals surface area contributed by atoms with E-state index in [2.05, 4.69) is 39.8 Å². The van der Waals surface area contributed by atoms with E-state index in [9.17, 15) is 9.59 Å². The van der Waals surface area contributed by atoms with E-state index in [1.54, 1.807) is 34.0 Å². The predicted octanol–water partition coefficient (Wildman–Crippen LogP) is 17.0. The maximum Gasteiger partial charge on any atom is 0.263 e. The lowest BCUT2D eigenvalue weighted by molar-refractivity contribution is 0.0651. The van der Waals surface area contributed by atoms with Crippen molar-refractivity contribution in [2.75, 3.05) is 19.8 Å². The minimum atomic E-state index is -0.128. The van der Waals surface area contributed by atoms with E-state index in [0.717, 1.165) is 78.4 Å². The summed E-state index contributed by atoms with van der Waals surface area (Å²) in [6.45, 7) is 12.8. The molecule has 0 spiro atoms. The van der Waals surface area contributed by atoms with Crippen LogP contribution >= 0.6 is 34.0 Å². The Morgan fingerprint density at radius 3 is 1.40 bits per heavy atom. The second-order valence-electron chi connectivity index (χ2n) is 16.9. The maximum atomic E-state index is 14.0. The molecule has 1 aliphatic heterocycles. The molecule has 0 radical (unpaired) electrons. The number of thiophene rings is 3. The molecule has 0 saturated heterocycles. The van der Waals surface area contributed by atoms with E-state index < -0.39 is 0 Å². The number of rotatable bonds is 32. The van der Waals surface area contributed by atoms with Crippen molar-refractivity contribution in [3.63, 3.8) is 0 Å². The van der Waals surface area contributed by atoms with Crippen LogP contribution in [-0.4, -0.2) is 36.5 Å². The van der Waals surface area contributed by atoms with Gasteiger partial charge < -0.3 is 9.47 Å². The van der Waals surface area contributed by atoms with Gasteiger partial charge in [-0.2, -0.15) is 0 Å². The summed E-state index contributed by atoms with van der Waals surface area (Å²) in [5.41, 5.74) is 1.21. The van der Waals surface area contributed by atoms with Crippen LogP contribution in [0.15, 0.2) is 12.1 Å². The molecule has 0 N–H and O–H groups in total. The van der Waals surface area contributed by atoms with E-state index in [0.29, 0.717) is 30.9 Å². The average Bonchev–Trinajstić information content (AvgIpc) is 3.97. The summed E-state index contributed by atoms with van der Waals surface area (Å²) in [6.07, 6.45) is 32.6. The molecule has 3 aromatic heterocycles. The minimum absolute atomic E-state index is 0.119. The number of fused-ring (bicyclic) bond motifs is 3. The Balaban J connectivity index is 1.33. The van der Waals surface area contributed by atoms with Crippen LogP contribution in [0.4, 0.5) is 0 Å². The zero-order chi connectivity index (χ0) is 41.1. The van der Waals surface area contributed by atoms with Crippen molar-refractivity contribution in [1.82, 2.24) is 4.90 Å². The third-order valence-electron chi connectivity index (χ3n) is 11.9. The van der Waals surface area contributed by atoms with Crippen LogP contribution in [0.25, 0.3) is 29.9 Å². The van der Waals surface area contributed by atoms with Gasteiger partial charge in [0, 0.05) is 31.9 Å². The first kappa shape index (κ1) is 46.6. The van der Waals surface area contributed by atoms with Gasteiger partial charge in [0.1, 0.15) is 11.5 Å². The summed E-state index contributed by atoms with van der Waals surface area (Å²) in [6, 6.07) is 4.50. The smallest absolute Gasteiger partial charge is 0.263 e. The molecule has 322 valence electrons. The van der Waals surface area contributed by atoms with Gasteiger partial charge in [0.2, 0.25) is 0 Å². The van der Waals surface area contributed by atoms with Crippen LogP contribution in [0, 0.1) is 13.8 Å². The van der Waals surface area contributed by atoms with Gasteiger partial charge in [0.25, 0.3) is 11.8 Å².